The fourth-order valence-corrected chi connectivity index (χ4v) is 12.3. The van der Waals surface area contributed by atoms with Crippen molar-refractivity contribution in [2.75, 3.05) is 88.7 Å². The lowest BCUT2D eigenvalue weighted by Gasteiger charge is -2.34. The van der Waals surface area contributed by atoms with Gasteiger partial charge in [-0.2, -0.15) is 15.2 Å². The van der Waals surface area contributed by atoms with Gasteiger partial charge in [0, 0.05) is 144 Å². The van der Waals surface area contributed by atoms with E-state index in [0.717, 1.165) is 74.6 Å². The number of anilines is 5. The van der Waals surface area contributed by atoms with Gasteiger partial charge in [0.15, 0.2) is 24.0 Å². The normalized spacial score (nSPS) is 15.7. The molecule has 4 aliphatic heterocycles. The van der Waals surface area contributed by atoms with Crippen molar-refractivity contribution in [3.05, 3.63) is 86.7 Å². The summed E-state index contributed by atoms with van der Waals surface area (Å²) < 4.78 is 45.9. The number of pyridine rings is 1. The molecular formula is C59H74ClF2N15O7. The lowest BCUT2D eigenvalue weighted by molar-refractivity contribution is -0.132. The number of likely N-dealkylation sites (tertiary alicyclic amines) is 1. The number of halogens is 3. The van der Waals surface area contributed by atoms with Gasteiger partial charge < -0.3 is 54.9 Å². The number of aromatic nitrogens is 7. The summed E-state index contributed by atoms with van der Waals surface area (Å²) in [5, 5.41) is 22.1. The highest BCUT2D eigenvalue weighted by atomic mass is 35.5. The summed E-state index contributed by atoms with van der Waals surface area (Å²) in [6.45, 7) is 4.16. The molecule has 2 saturated heterocycles. The first-order valence-corrected chi connectivity index (χ1v) is 29.4. The maximum absolute atomic E-state index is 14.8. The van der Waals surface area contributed by atoms with Gasteiger partial charge in [-0.15, -0.1) is 0 Å². The van der Waals surface area contributed by atoms with Crippen molar-refractivity contribution in [1.29, 1.82) is 0 Å². The molecule has 8 heterocycles. The summed E-state index contributed by atoms with van der Waals surface area (Å²) in [7, 11) is 7.98. The summed E-state index contributed by atoms with van der Waals surface area (Å²) >= 11 is 6.60. The maximum atomic E-state index is 14.8. The third-order valence-corrected chi connectivity index (χ3v) is 17.0. The van der Waals surface area contributed by atoms with Crippen molar-refractivity contribution in [1.82, 2.24) is 59.8 Å². The van der Waals surface area contributed by atoms with Crippen molar-refractivity contribution in [3.8, 4) is 22.6 Å². The number of aryl methyl sites for hydroxylation is 3. The molecule has 4 aliphatic rings. The highest BCUT2D eigenvalue weighted by Gasteiger charge is 2.36. The molecule has 0 radical (unpaired) electrons. The van der Waals surface area contributed by atoms with Crippen LogP contribution in [-0.4, -0.2) is 141 Å². The molecule has 0 saturated carbocycles. The number of carbonyl (C=O) groups is 4. The van der Waals surface area contributed by atoms with E-state index in [-0.39, 0.29) is 53.6 Å². The zero-order valence-corrected chi connectivity index (χ0v) is 49.1. The lowest BCUT2D eigenvalue weighted by Crippen LogP contribution is -2.42. The van der Waals surface area contributed by atoms with E-state index in [1.165, 1.54) is 24.9 Å². The zero-order valence-electron chi connectivity index (χ0n) is 48.3. The van der Waals surface area contributed by atoms with Crippen LogP contribution in [-0.2, 0) is 47.9 Å². The molecule has 2 aromatic carbocycles. The number of nitrogens with zero attached hydrogens (tertiary/aromatic N) is 11. The highest BCUT2D eigenvalue weighted by molar-refractivity contribution is 6.33. The van der Waals surface area contributed by atoms with Crippen LogP contribution in [0.3, 0.4) is 0 Å². The molecular weight excluding hydrogens is 1100 g/mol. The molecule has 5 amide bonds. The number of unbranched alkanes of at least 4 members (excludes halogenated alkanes) is 4. The van der Waals surface area contributed by atoms with Crippen LogP contribution in [0.25, 0.3) is 22.0 Å². The largest absolute Gasteiger partial charge is 0.494 e. The number of likely N-dealkylation sites (N-methyl/N-ethyl adjacent to an activating group) is 1. The summed E-state index contributed by atoms with van der Waals surface area (Å²) in [4.78, 5) is 81.7. The number of rotatable bonds is 20. The number of ether oxygens (including phenoxy) is 2. The van der Waals surface area contributed by atoms with Crippen molar-refractivity contribution in [2.45, 2.75) is 102 Å². The molecule has 0 aliphatic carbocycles. The average molecular weight is 1180 g/mol. The minimum absolute atomic E-state index is 0.00974. The highest BCUT2D eigenvalue weighted by Crippen LogP contribution is 2.44. The fourth-order valence-electron chi connectivity index (χ4n) is 12.1. The molecule has 84 heavy (non-hydrogen) atoms. The van der Waals surface area contributed by atoms with Crippen LogP contribution in [0.1, 0.15) is 105 Å². The Labute approximate surface area is 491 Å². The number of carbonyl (C=O) groups excluding carboxylic acids is 4. The number of benzene rings is 2. The Morgan fingerprint density at radius 3 is 2.36 bits per heavy atom. The van der Waals surface area contributed by atoms with Gasteiger partial charge in [0.2, 0.25) is 17.8 Å². The van der Waals surface area contributed by atoms with Gasteiger partial charge in [-0.05, 0) is 86.8 Å². The van der Waals surface area contributed by atoms with Gasteiger partial charge in [0.1, 0.15) is 10.8 Å². The van der Waals surface area contributed by atoms with Gasteiger partial charge in [-0.3, -0.25) is 28.5 Å². The molecule has 2 fully saturated rings. The standard InChI is InChI=1S/C59H74ClF2N15O7/c1-63-50(78)35-84-49-28-38-26-40(29-48(83-5)52(38)72(4)57(49)81)68-54-45(60)32-66-58(69-54)74-21-14-36(15-22-74)56(80)65-19-10-8-6-7-9-13-51(79)73-23-16-41(17-24-73)77-46-18-25-75(59(82)64-2)34-44(46)55(70-77)76-20-11-12-37-27-42(39-31-67-71(3)33-39)43(53(61)62)30-47(37)76/h26-33,36,41,53H,6-25,34-35H2,1-5H3,(H,63,78)(H,64,82)(H,65,80)(H,66,68,69). The maximum Gasteiger partial charge on any atom is 0.317 e. The van der Waals surface area contributed by atoms with Crippen LogP contribution in [0.5, 0.6) is 11.5 Å². The Morgan fingerprint density at radius 2 is 1.63 bits per heavy atom. The second-order valence-corrected chi connectivity index (χ2v) is 22.5. The summed E-state index contributed by atoms with van der Waals surface area (Å²) in [6.07, 6.45) is 12.1. The minimum Gasteiger partial charge on any atom is -0.494 e. The summed E-state index contributed by atoms with van der Waals surface area (Å²) in [5.41, 5.74) is 5.44. The van der Waals surface area contributed by atoms with Gasteiger partial charge in [0.25, 0.3) is 17.9 Å². The quantitative estimate of drug-likeness (QED) is 0.0537. The van der Waals surface area contributed by atoms with Crippen LogP contribution < -0.4 is 46.1 Å². The minimum atomic E-state index is -2.70. The number of fused-ring (bicyclic) bond motifs is 3. The predicted molar refractivity (Wildman–Crippen MR) is 316 cm³/mol. The summed E-state index contributed by atoms with van der Waals surface area (Å²) in [6, 6.07) is 8.47. The molecule has 0 spiro atoms. The SMILES string of the molecule is CNC(=O)COc1cc2cc(Nc3nc(N4CCC(C(=O)NCCCCCCCC(=O)N5CCC(n6nc(N7CCCc8cc(-c9cnn(C)c9)c(C(F)F)cc87)c7c6CCN(C(=O)NC)C7)CC5)CC4)ncc3Cl)cc(OC)c2n(C)c1=O. The molecule has 4 N–H and O–H groups in total. The average Bonchev–Trinajstić information content (AvgIpc) is 2.62. The Hall–Kier alpha value is -8.02. The lowest BCUT2D eigenvalue weighted by atomic mass is 9.92. The second-order valence-electron chi connectivity index (χ2n) is 22.1. The molecule has 25 heteroatoms. The molecule has 0 unspecified atom stereocenters. The number of nitrogens with one attached hydrogen (secondary N) is 4. The smallest absolute Gasteiger partial charge is 0.317 e. The number of hydrogen-bond donors (Lipinski definition) is 4. The first kappa shape index (κ1) is 59.2. The van der Waals surface area contributed by atoms with E-state index in [2.05, 4.69) is 40.9 Å². The second kappa shape index (κ2) is 26.3. The van der Waals surface area contributed by atoms with Gasteiger partial charge >= 0.3 is 6.03 Å². The fraction of sp³-hybridized carbons (Fsp3) is 0.508. The van der Waals surface area contributed by atoms with E-state index < -0.39 is 12.0 Å². The Bertz CT molecular complexity index is 3460. The van der Waals surface area contributed by atoms with Crippen LogP contribution in [0, 0.1) is 5.92 Å². The predicted octanol–water partition coefficient (Wildman–Crippen LogP) is 7.71. The molecule has 4 aromatic heterocycles. The monoisotopic (exact) mass is 1180 g/mol. The topological polar surface area (TPSA) is 231 Å². The van der Waals surface area contributed by atoms with E-state index in [4.69, 9.17) is 31.2 Å². The van der Waals surface area contributed by atoms with E-state index in [9.17, 15) is 32.8 Å². The van der Waals surface area contributed by atoms with Gasteiger partial charge in [0.05, 0.1) is 37.6 Å². The zero-order chi connectivity index (χ0) is 59.2. The van der Waals surface area contributed by atoms with E-state index in [1.54, 1.807) is 67.4 Å². The summed E-state index contributed by atoms with van der Waals surface area (Å²) in [5.74, 6) is 1.66. The van der Waals surface area contributed by atoms with E-state index in [1.807, 2.05) is 15.9 Å². The number of hydrogen-bond acceptors (Lipinski definition) is 14. The van der Waals surface area contributed by atoms with Crippen LogP contribution in [0.15, 0.2) is 53.7 Å². The first-order valence-electron chi connectivity index (χ1n) is 29.1. The molecule has 0 atom stereocenters. The Kier molecular flexibility index (Phi) is 18.5. The number of methoxy groups -OCH3 is 1. The van der Waals surface area contributed by atoms with Crippen molar-refractivity contribution >= 4 is 75.2 Å². The Morgan fingerprint density at radius 1 is 0.857 bits per heavy atom. The molecule has 10 rings (SSSR count). The molecule has 448 valence electrons. The third kappa shape index (κ3) is 12.9. The number of piperidine rings is 2. The van der Waals surface area contributed by atoms with Crippen LogP contribution >= 0.6 is 11.6 Å². The molecule has 6 aromatic rings. The van der Waals surface area contributed by atoms with Crippen molar-refractivity contribution in [2.24, 2.45) is 20.0 Å². The number of amides is 5. The van der Waals surface area contributed by atoms with Crippen LogP contribution in [0.4, 0.5) is 42.5 Å². The Balaban J connectivity index is 0.659. The van der Waals surface area contributed by atoms with Crippen molar-refractivity contribution in [3.63, 3.8) is 0 Å². The number of alkyl halides is 2. The van der Waals surface area contributed by atoms with Gasteiger partial charge in [-0.25, -0.2) is 18.6 Å². The third-order valence-electron chi connectivity index (χ3n) is 16.7. The number of urea groups is 1. The van der Waals surface area contributed by atoms with E-state index >= 15 is 0 Å². The van der Waals surface area contributed by atoms with Crippen molar-refractivity contribution < 1.29 is 37.4 Å². The van der Waals surface area contributed by atoms with Crippen LogP contribution in [0.2, 0.25) is 5.02 Å². The molecule has 22 nitrogen and oxygen atoms in total. The first-order chi connectivity index (χ1) is 40.6. The van der Waals surface area contributed by atoms with E-state index in [0.29, 0.717) is 140 Å². The molecule has 0 bridgehead atoms. The van der Waals surface area contributed by atoms with Gasteiger partial charge in [-0.1, -0.05) is 30.9 Å².